The van der Waals surface area contributed by atoms with Gasteiger partial charge in [-0.3, -0.25) is 0 Å². The lowest BCUT2D eigenvalue weighted by molar-refractivity contribution is -0.124. The van der Waals surface area contributed by atoms with Crippen LogP contribution in [0.15, 0.2) is 12.1 Å². The van der Waals surface area contributed by atoms with Crippen molar-refractivity contribution in [1.29, 1.82) is 0 Å². The maximum atomic E-state index is 14.4. The molecule has 0 saturated heterocycles. The van der Waals surface area contributed by atoms with E-state index in [1.807, 2.05) is 0 Å². The van der Waals surface area contributed by atoms with Crippen molar-refractivity contribution in [3.63, 3.8) is 0 Å². The molecule has 5 rings (SSSR count). The molecule has 21 heavy (non-hydrogen) atoms. The topological polar surface area (TPSA) is 20.2 Å². The van der Waals surface area contributed by atoms with Gasteiger partial charge in [-0.2, -0.15) is 0 Å². The molecule has 4 fully saturated rings. The minimum absolute atomic E-state index is 0.0862. The highest BCUT2D eigenvalue weighted by Crippen LogP contribution is 2.64. The van der Waals surface area contributed by atoms with E-state index in [0.29, 0.717) is 23.3 Å². The van der Waals surface area contributed by atoms with Crippen molar-refractivity contribution in [3.8, 4) is 0 Å². The molecule has 1 aromatic rings. The summed E-state index contributed by atoms with van der Waals surface area (Å²) in [5.74, 6) is 0.810. The first-order valence-corrected chi connectivity index (χ1v) is 8.11. The van der Waals surface area contributed by atoms with Crippen LogP contribution >= 0.6 is 0 Å². The van der Waals surface area contributed by atoms with Crippen LogP contribution in [0.25, 0.3) is 0 Å². The Hall–Kier alpha value is -0.960. The van der Waals surface area contributed by atoms with E-state index in [2.05, 4.69) is 0 Å². The van der Waals surface area contributed by atoms with Crippen molar-refractivity contribution in [3.05, 3.63) is 34.9 Å². The van der Waals surface area contributed by atoms with Crippen molar-refractivity contribution < 1.29 is 13.9 Å². The van der Waals surface area contributed by atoms with Gasteiger partial charge in [0.25, 0.3) is 0 Å². The zero-order valence-electron chi connectivity index (χ0n) is 12.4. The molecule has 1 aromatic carbocycles. The van der Waals surface area contributed by atoms with Gasteiger partial charge in [0.15, 0.2) is 0 Å². The van der Waals surface area contributed by atoms with E-state index in [1.165, 1.54) is 31.4 Å². The molecule has 4 bridgehead atoms. The SMILES string of the molecule is Cc1ccc(F)c(C(O)C23CC4CC(CC(C4)C2)C3)c1F. The third kappa shape index (κ3) is 1.97. The van der Waals surface area contributed by atoms with Gasteiger partial charge in [0.05, 0.1) is 11.7 Å². The van der Waals surface area contributed by atoms with Gasteiger partial charge in [-0.25, -0.2) is 8.78 Å². The maximum Gasteiger partial charge on any atom is 0.134 e. The molecule has 0 radical (unpaired) electrons. The Morgan fingerprint density at radius 3 is 2.10 bits per heavy atom. The van der Waals surface area contributed by atoms with Crippen LogP contribution in [0.1, 0.15) is 55.8 Å². The predicted octanol–water partition coefficient (Wildman–Crippen LogP) is 4.52. The molecule has 0 aliphatic heterocycles. The summed E-state index contributed by atoms with van der Waals surface area (Å²) in [6.45, 7) is 1.63. The lowest BCUT2D eigenvalue weighted by Gasteiger charge is -2.58. The summed E-state index contributed by atoms with van der Waals surface area (Å²) < 4.78 is 28.6. The third-order valence-corrected chi connectivity index (χ3v) is 6.26. The van der Waals surface area contributed by atoms with Gasteiger partial charge < -0.3 is 5.11 Å². The number of hydrogen-bond donors (Lipinski definition) is 1. The van der Waals surface area contributed by atoms with Crippen LogP contribution in [0, 0.1) is 41.7 Å². The van der Waals surface area contributed by atoms with E-state index < -0.39 is 17.7 Å². The average Bonchev–Trinajstić information content (AvgIpc) is 2.42. The molecule has 0 amide bonds. The lowest BCUT2D eigenvalue weighted by atomic mass is 9.47. The number of aliphatic hydroxyl groups is 1. The Kier molecular flexibility index (Phi) is 2.94. The van der Waals surface area contributed by atoms with E-state index in [0.717, 1.165) is 19.3 Å². The number of hydrogen-bond acceptors (Lipinski definition) is 1. The van der Waals surface area contributed by atoms with Gasteiger partial charge in [-0.15, -0.1) is 0 Å². The van der Waals surface area contributed by atoms with E-state index in [4.69, 9.17) is 0 Å². The lowest BCUT2D eigenvalue weighted by Crippen LogP contribution is -2.49. The van der Waals surface area contributed by atoms with Gasteiger partial charge in [-0.1, -0.05) is 6.07 Å². The molecule has 1 N–H and O–H groups in total. The summed E-state index contributed by atoms with van der Waals surface area (Å²) in [6, 6.07) is 2.73. The molecule has 114 valence electrons. The summed E-state index contributed by atoms with van der Waals surface area (Å²) in [5.41, 5.74) is 0.0386. The molecular formula is C18H22F2O. The van der Waals surface area contributed by atoms with Crippen LogP contribution in [0.5, 0.6) is 0 Å². The fourth-order valence-electron chi connectivity index (χ4n) is 5.75. The summed E-state index contributed by atoms with van der Waals surface area (Å²) in [4.78, 5) is 0. The zero-order valence-corrected chi connectivity index (χ0v) is 12.4. The van der Waals surface area contributed by atoms with Gasteiger partial charge in [0.2, 0.25) is 0 Å². The second-order valence-corrected chi connectivity index (χ2v) is 7.77. The minimum atomic E-state index is -0.995. The number of aryl methyl sites for hydroxylation is 1. The molecule has 4 aliphatic rings. The number of aliphatic hydroxyl groups excluding tert-OH is 1. The zero-order chi connectivity index (χ0) is 14.8. The van der Waals surface area contributed by atoms with Gasteiger partial charge in [-0.05, 0) is 74.8 Å². The highest BCUT2D eigenvalue weighted by molar-refractivity contribution is 5.30. The summed E-state index contributed by atoms with van der Waals surface area (Å²) in [5, 5.41) is 10.9. The first-order chi connectivity index (χ1) is 9.98. The number of rotatable bonds is 2. The second kappa shape index (κ2) is 4.52. The number of halogens is 2. The van der Waals surface area contributed by atoms with Crippen LogP contribution < -0.4 is 0 Å². The minimum Gasteiger partial charge on any atom is -0.388 e. The molecule has 1 atom stereocenters. The molecule has 1 nitrogen and oxygen atoms in total. The highest BCUT2D eigenvalue weighted by atomic mass is 19.1. The second-order valence-electron chi connectivity index (χ2n) is 7.77. The molecule has 0 heterocycles. The Morgan fingerprint density at radius 1 is 1.05 bits per heavy atom. The van der Waals surface area contributed by atoms with E-state index in [9.17, 15) is 13.9 Å². The van der Waals surface area contributed by atoms with Crippen LogP contribution in [0.2, 0.25) is 0 Å². The van der Waals surface area contributed by atoms with E-state index in [-0.39, 0.29) is 11.0 Å². The fraction of sp³-hybridized carbons (Fsp3) is 0.667. The molecular weight excluding hydrogens is 270 g/mol. The first-order valence-electron chi connectivity index (χ1n) is 8.11. The Balaban J connectivity index is 1.75. The van der Waals surface area contributed by atoms with E-state index >= 15 is 0 Å². The monoisotopic (exact) mass is 292 g/mol. The highest BCUT2D eigenvalue weighted by Gasteiger charge is 2.55. The first kappa shape index (κ1) is 13.7. The summed E-state index contributed by atoms with van der Waals surface area (Å²) >= 11 is 0. The van der Waals surface area contributed by atoms with Crippen molar-refractivity contribution in [1.82, 2.24) is 0 Å². The van der Waals surface area contributed by atoms with Crippen molar-refractivity contribution in [2.75, 3.05) is 0 Å². The molecule has 0 aromatic heterocycles. The Labute approximate surface area is 124 Å². The Bertz CT molecular complexity index is 546. The quantitative estimate of drug-likeness (QED) is 0.849. The third-order valence-electron chi connectivity index (χ3n) is 6.26. The van der Waals surface area contributed by atoms with Gasteiger partial charge >= 0.3 is 0 Å². The molecule has 4 saturated carbocycles. The fourth-order valence-corrected chi connectivity index (χ4v) is 5.75. The maximum absolute atomic E-state index is 14.4. The van der Waals surface area contributed by atoms with Crippen LogP contribution in [-0.2, 0) is 0 Å². The summed E-state index contributed by atoms with van der Waals surface area (Å²) in [7, 11) is 0. The van der Waals surface area contributed by atoms with Crippen LogP contribution in [0.4, 0.5) is 8.78 Å². The van der Waals surface area contributed by atoms with E-state index in [1.54, 1.807) is 6.92 Å². The van der Waals surface area contributed by atoms with Crippen LogP contribution in [0.3, 0.4) is 0 Å². The molecule has 3 heteroatoms. The standard InChI is InChI=1S/C18H22F2O/c1-10-2-3-14(19)15(16(10)20)17(21)18-7-11-4-12(8-18)6-13(5-11)9-18/h2-3,11-13,17,21H,4-9H2,1H3. The number of benzene rings is 1. The predicted molar refractivity (Wildman–Crippen MR) is 76.7 cm³/mol. The van der Waals surface area contributed by atoms with Crippen LogP contribution in [-0.4, -0.2) is 5.11 Å². The Morgan fingerprint density at radius 2 is 1.57 bits per heavy atom. The average molecular weight is 292 g/mol. The van der Waals surface area contributed by atoms with Gasteiger partial charge in [0.1, 0.15) is 11.6 Å². The van der Waals surface area contributed by atoms with Crippen molar-refractivity contribution in [2.45, 2.75) is 51.6 Å². The molecule has 0 spiro atoms. The van der Waals surface area contributed by atoms with Crippen molar-refractivity contribution >= 4 is 0 Å². The van der Waals surface area contributed by atoms with Crippen molar-refractivity contribution in [2.24, 2.45) is 23.2 Å². The normalized spacial score (nSPS) is 38.8. The molecule has 1 unspecified atom stereocenters. The molecule has 4 aliphatic carbocycles. The summed E-state index contributed by atoms with van der Waals surface area (Å²) in [6.07, 6.45) is 5.58. The van der Waals surface area contributed by atoms with Gasteiger partial charge in [0, 0.05) is 5.41 Å². The largest absolute Gasteiger partial charge is 0.388 e. The smallest absolute Gasteiger partial charge is 0.134 e.